The number of halogens is 1. The highest BCUT2D eigenvalue weighted by Crippen LogP contribution is 2.31. The minimum Gasteiger partial charge on any atom is -0.398 e. The maximum atomic E-state index is 6.02. The molecule has 0 bridgehead atoms. The zero-order chi connectivity index (χ0) is 13.1. The molecule has 0 aliphatic carbocycles. The summed E-state index contributed by atoms with van der Waals surface area (Å²) in [5.74, 6) is 0. The van der Waals surface area contributed by atoms with Crippen molar-refractivity contribution in [3.8, 4) is 0 Å². The number of nitrogens with two attached hydrogens (primary N) is 1. The highest BCUT2D eigenvalue weighted by molar-refractivity contribution is 9.10. The van der Waals surface area contributed by atoms with Gasteiger partial charge in [0.15, 0.2) is 0 Å². The number of nitrogens with zero attached hydrogens (tertiary/aromatic N) is 1. The lowest BCUT2D eigenvalue weighted by Gasteiger charge is -2.20. The second kappa shape index (κ2) is 5.50. The van der Waals surface area contributed by atoms with Gasteiger partial charge in [-0.15, -0.1) is 0 Å². The van der Waals surface area contributed by atoms with Gasteiger partial charge >= 0.3 is 0 Å². The minimum atomic E-state index is 0.0358. The Labute approximate surface area is 116 Å². The second-order valence-corrected chi connectivity index (χ2v) is 5.11. The van der Waals surface area contributed by atoms with Crippen LogP contribution in [0.3, 0.4) is 0 Å². The van der Waals surface area contributed by atoms with Crippen LogP contribution in [0.2, 0.25) is 0 Å². The number of benzene rings is 1. The van der Waals surface area contributed by atoms with Crippen LogP contribution in [0.25, 0.3) is 0 Å². The summed E-state index contributed by atoms with van der Waals surface area (Å²) < 4.78 is 1.07. The standard InChI is InChI=1S/C14H16BrN3/c1-9-3-4-10(12(15)7-9)14(17-2)11-8-18-6-5-13(11)16/h3-8,14,17H,1-2H3,(H2,16,18). The molecule has 94 valence electrons. The summed E-state index contributed by atoms with van der Waals surface area (Å²) in [6.45, 7) is 2.07. The molecule has 0 aliphatic rings. The van der Waals surface area contributed by atoms with Crippen molar-refractivity contribution in [2.75, 3.05) is 12.8 Å². The predicted octanol–water partition coefficient (Wildman–Crippen LogP) is 3.04. The number of hydrogen-bond donors (Lipinski definition) is 2. The summed E-state index contributed by atoms with van der Waals surface area (Å²) >= 11 is 3.61. The molecule has 1 aromatic heterocycles. The Bertz CT molecular complexity index is 554. The number of anilines is 1. The normalized spacial score (nSPS) is 12.4. The number of aryl methyl sites for hydroxylation is 1. The van der Waals surface area contributed by atoms with E-state index < -0.39 is 0 Å². The molecule has 0 amide bonds. The fraction of sp³-hybridized carbons (Fsp3) is 0.214. The number of pyridine rings is 1. The molecular formula is C14H16BrN3. The van der Waals surface area contributed by atoms with Gasteiger partial charge in [0.2, 0.25) is 0 Å². The van der Waals surface area contributed by atoms with Crippen molar-refractivity contribution in [1.82, 2.24) is 10.3 Å². The largest absolute Gasteiger partial charge is 0.398 e. The number of nitrogen functional groups attached to an aromatic ring is 1. The molecule has 0 aliphatic heterocycles. The van der Waals surface area contributed by atoms with Crippen LogP contribution in [-0.4, -0.2) is 12.0 Å². The van der Waals surface area contributed by atoms with E-state index in [2.05, 4.69) is 51.4 Å². The first-order valence-corrected chi connectivity index (χ1v) is 6.55. The van der Waals surface area contributed by atoms with E-state index >= 15 is 0 Å². The lowest BCUT2D eigenvalue weighted by atomic mass is 9.98. The maximum absolute atomic E-state index is 6.02. The summed E-state index contributed by atoms with van der Waals surface area (Å²) in [6.07, 6.45) is 3.51. The van der Waals surface area contributed by atoms with Crippen molar-refractivity contribution in [3.63, 3.8) is 0 Å². The van der Waals surface area contributed by atoms with Gasteiger partial charge in [0, 0.05) is 28.1 Å². The first-order valence-electron chi connectivity index (χ1n) is 5.76. The molecule has 1 unspecified atom stereocenters. The molecule has 3 N–H and O–H groups in total. The maximum Gasteiger partial charge on any atom is 0.0621 e. The van der Waals surface area contributed by atoms with Crippen LogP contribution < -0.4 is 11.1 Å². The Hall–Kier alpha value is -1.39. The Kier molecular flexibility index (Phi) is 3.99. The summed E-state index contributed by atoms with van der Waals surface area (Å²) in [5.41, 5.74) is 10.1. The first kappa shape index (κ1) is 13.1. The van der Waals surface area contributed by atoms with E-state index in [4.69, 9.17) is 5.73 Å². The van der Waals surface area contributed by atoms with Gasteiger partial charge in [-0.05, 0) is 37.2 Å². The number of aromatic nitrogens is 1. The fourth-order valence-corrected chi connectivity index (χ4v) is 2.73. The summed E-state index contributed by atoms with van der Waals surface area (Å²) in [5, 5.41) is 3.29. The van der Waals surface area contributed by atoms with Gasteiger partial charge in [0.25, 0.3) is 0 Å². The van der Waals surface area contributed by atoms with Gasteiger partial charge in [-0.2, -0.15) is 0 Å². The molecule has 0 saturated carbocycles. The Morgan fingerprint density at radius 3 is 2.67 bits per heavy atom. The smallest absolute Gasteiger partial charge is 0.0621 e. The van der Waals surface area contributed by atoms with Crippen molar-refractivity contribution >= 4 is 21.6 Å². The van der Waals surface area contributed by atoms with Gasteiger partial charge in [0.05, 0.1) is 6.04 Å². The molecule has 0 saturated heterocycles. The van der Waals surface area contributed by atoms with E-state index in [1.807, 2.05) is 19.3 Å². The Morgan fingerprint density at radius 2 is 2.06 bits per heavy atom. The highest BCUT2D eigenvalue weighted by Gasteiger charge is 2.17. The third-order valence-corrected chi connectivity index (χ3v) is 3.64. The quantitative estimate of drug-likeness (QED) is 0.916. The summed E-state index contributed by atoms with van der Waals surface area (Å²) in [7, 11) is 1.92. The predicted molar refractivity (Wildman–Crippen MR) is 78.4 cm³/mol. The topological polar surface area (TPSA) is 50.9 Å². The van der Waals surface area contributed by atoms with Gasteiger partial charge in [-0.3, -0.25) is 4.98 Å². The molecule has 4 heteroatoms. The van der Waals surface area contributed by atoms with Crippen LogP contribution >= 0.6 is 15.9 Å². The Balaban J connectivity index is 2.49. The van der Waals surface area contributed by atoms with Gasteiger partial charge in [-0.1, -0.05) is 28.1 Å². The van der Waals surface area contributed by atoms with Crippen LogP contribution in [0.15, 0.2) is 41.1 Å². The third kappa shape index (κ3) is 2.54. The third-order valence-electron chi connectivity index (χ3n) is 2.95. The number of nitrogens with one attached hydrogen (secondary N) is 1. The van der Waals surface area contributed by atoms with E-state index in [0.717, 1.165) is 21.3 Å². The van der Waals surface area contributed by atoms with Gasteiger partial charge in [0.1, 0.15) is 0 Å². The molecule has 0 spiro atoms. The molecule has 2 rings (SSSR count). The van der Waals surface area contributed by atoms with E-state index in [9.17, 15) is 0 Å². The van der Waals surface area contributed by atoms with Crippen molar-refractivity contribution in [1.29, 1.82) is 0 Å². The fourth-order valence-electron chi connectivity index (χ4n) is 2.00. The SMILES string of the molecule is CNC(c1cnccc1N)c1ccc(C)cc1Br. The zero-order valence-corrected chi connectivity index (χ0v) is 12.0. The van der Waals surface area contributed by atoms with E-state index in [1.165, 1.54) is 5.56 Å². The molecule has 3 nitrogen and oxygen atoms in total. The molecule has 1 atom stereocenters. The van der Waals surface area contributed by atoms with Crippen molar-refractivity contribution < 1.29 is 0 Å². The average molecular weight is 306 g/mol. The average Bonchev–Trinajstić information content (AvgIpc) is 2.34. The number of rotatable bonds is 3. The monoisotopic (exact) mass is 305 g/mol. The molecule has 1 heterocycles. The second-order valence-electron chi connectivity index (χ2n) is 4.25. The van der Waals surface area contributed by atoms with Crippen LogP contribution in [-0.2, 0) is 0 Å². The van der Waals surface area contributed by atoms with Crippen LogP contribution in [0.5, 0.6) is 0 Å². The van der Waals surface area contributed by atoms with Crippen LogP contribution in [0, 0.1) is 6.92 Å². The molecule has 18 heavy (non-hydrogen) atoms. The summed E-state index contributed by atoms with van der Waals surface area (Å²) in [6, 6.07) is 8.16. The highest BCUT2D eigenvalue weighted by atomic mass is 79.9. The van der Waals surface area contributed by atoms with Crippen molar-refractivity contribution in [2.24, 2.45) is 0 Å². The number of hydrogen-bond acceptors (Lipinski definition) is 3. The molecule has 2 aromatic rings. The summed E-state index contributed by atoms with van der Waals surface area (Å²) in [4.78, 5) is 4.15. The van der Waals surface area contributed by atoms with E-state index in [-0.39, 0.29) is 6.04 Å². The molecule has 0 fully saturated rings. The van der Waals surface area contributed by atoms with Crippen LogP contribution in [0.1, 0.15) is 22.7 Å². The lowest BCUT2D eigenvalue weighted by molar-refractivity contribution is 0.688. The van der Waals surface area contributed by atoms with Crippen molar-refractivity contribution in [3.05, 3.63) is 57.8 Å². The first-order chi connectivity index (χ1) is 8.63. The van der Waals surface area contributed by atoms with E-state index in [0.29, 0.717) is 0 Å². The van der Waals surface area contributed by atoms with Gasteiger partial charge in [-0.25, -0.2) is 0 Å². The molecule has 0 radical (unpaired) electrons. The minimum absolute atomic E-state index is 0.0358. The lowest BCUT2D eigenvalue weighted by Crippen LogP contribution is -2.19. The molecular weight excluding hydrogens is 290 g/mol. The molecule has 1 aromatic carbocycles. The van der Waals surface area contributed by atoms with Gasteiger partial charge < -0.3 is 11.1 Å². The zero-order valence-electron chi connectivity index (χ0n) is 10.4. The Morgan fingerprint density at radius 1 is 1.28 bits per heavy atom. The van der Waals surface area contributed by atoms with Crippen LogP contribution in [0.4, 0.5) is 5.69 Å². The van der Waals surface area contributed by atoms with E-state index in [1.54, 1.807) is 6.20 Å². The van der Waals surface area contributed by atoms with Crippen molar-refractivity contribution in [2.45, 2.75) is 13.0 Å².